The molecule has 1 aromatic carbocycles. The Balaban J connectivity index is 2.06. The molecule has 2 nitrogen and oxygen atoms in total. The number of hydrogen-bond donors (Lipinski definition) is 1. The van der Waals surface area contributed by atoms with Crippen molar-refractivity contribution in [3.05, 3.63) is 28.7 Å². The highest BCUT2D eigenvalue weighted by Gasteiger charge is 2.45. The Bertz CT molecular complexity index is 442. The molecular formula is C14H17BrN2. The molecule has 1 fully saturated rings. The van der Waals surface area contributed by atoms with Gasteiger partial charge in [-0.2, -0.15) is 5.26 Å². The van der Waals surface area contributed by atoms with Crippen molar-refractivity contribution >= 4 is 21.6 Å². The predicted octanol–water partition coefficient (Wildman–Crippen LogP) is 4.19. The molecule has 17 heavy (non-hydrogen) atoms. The van der Waals surface area contributed by atoms with Crippen molar-refractivity contribution in [2.45, 2.75) is 32.2 Å². The van der Waals surface area contributed by atoms with Gasteiger partial charge in [-0.15, -0.1) is 0 Å². The van der Waals surface area contributed by atoms with Gasteiger partial charge in [0.25, 0.3) is 0 Å². The molecule has 90 valence electrons. The lowest BCUT2D eigenvalue weighted by Gasteiger charge is -2.45. The third kappa shape index (κ3) is 2.63. The topological polar surface area (TPSA) is 35.8 Å². The van der Waals surface area contributed by atoms with Crippen LogP contribution in [0.2, 0.25) is 0 Å². The minimum Gasteiger partial charge on any atom is -0.367 e. The molecule has 0 heterocycles. The number of nitrogens with one attached hydrogen (secondary N) is 1. The van der Waals surface area contributed by atoms with Gasteiger partial charge in [0.1, 0.15) is 5.54 Å². The lowest BCUT2D eigenvalue weighted by molar-refractivity contribution is 0.165. The van der Waals surface area contributed by atoms with Crippen LogP contribution in [0, 0.1) is 23.2 Å². The van der Waals surface area contributed by atoms with E-state index in [2.05, 4.69) is 41.2 Å². The lowest BCUT2D eigenvalue weighted by Crippen LogP contribution is -2.50. The van der Waals surface area contributed by atoms with Crippen molar-refractivity contribution in [3.63, 3.8) is 0 Å². The Morgan fingerprint density at radius 3 is 2.71 bits per heavy atom. The Labute approximate surface area is 111 Å². The normalized spacial score (nSPS) is 27.4. The van der Waals surface area contributed by atoms with Gasteiger partial charge in [-0.05, 0) is 42.9 Å². The SMILES string of the molecule is CC(C)C1CC(C#N)(Nc2cccc(Br)c2)C1. The van der Waals surface area contributed by atoms with Crippen LogP contribution in [0.4, 0.5) is 5.69 Å². The molecule has 2 rings (SSSR count). The van der Waals surface area contributed by atoms with Crippen LogP contribution in [0.3, 0.4) is 0 Å². The summed E-state index contributed by atoms with van der Waals surface area (Å²) in [6.07, 6.45) is 1.90. The van der Waals surface area contributed by atoms with Crippen LogP contribution in [0.15, 0.2) is 28.7 Å². The van der Waals surface area contributed by atoms with E-state index in [1.54, 1.807) is 0 Å². The number of hydrogen-bond acceptors (Lipinski definition) is 2. The van der Waals surface area contributed by atoms with Crippen LogP contribution in [0.1, 0.15) is 26.7 Å². The van der Waals surface area contributed by atoms with Gasteiger partial charge in [-0.1, -0.05) is 35.8 Å². The quantitative estimate of drug-likeness (QED) is 0.907. The fourth-order valence-corrected chi connectivity index (χ4v) is 2.77. The monoisotopic (exact) mass is 292 g/mol. The largest absolute Gasteiger partial charge is 0.367 e. The van der Waals surface area contributed by atoms with Crippen LogP contribution >= 0.6 is 15.9 Å². The molecule has 0 saturated heterocycles. The van der Waals surface area contributed by atoms with E-state index >= 15 is 0 Å². The maximum atomic E-state index is 9.34. The molecule has 0 amide bonds. The Hall–Kier alpha value is -1.01. The third-order valence-corrected chi connectivity index (χ3v) is 4.08. The average Bonchev–Trinajstić information content (AvgIpc) is 2.22. The number of benzene rings is 1. The Kier molecular flexibility index (Phi) is 3.44. The summed E-state index contributed by atoms with van der Waals surface area (Å²) < 4.78 is 1.04. The third-order valence-electron chi connectivity index (χ3n) is 3.59. The lowest BCUT2D eigenvalue weighted by atomic mass is 9.64. The fraction of sp³-hybridized carbons (Fsp3) is 0.500. The van der Waals surface area contributed by atoms with E-state index < -0.39 is 0 Å². The number of halogens is 1. The smallest absolute Gasteiger partial charge is 0.125 e. The average molecular weight is 293 g/mol. The summed E-state index contributed by atoms with van der Waals surface area (Å²) >= 11 is 3.44. The van der Waals surface area contributed by atoms with E-state index in [-0.39, 0.29) is 5.54 Å². The number of nitriles is 1. The number of anilines is 1. The molecule has 0 unspecified atom stereocenters. The summed E-state index contributed by atoms with van der Waals surface area (Å²) in [5.74, 6) is 1.34. The van der Waals surface area contributed by atoms with E-state index in [0.717, 1.165) is 23.0 Å². The van der Waals surface area contributed by atoms with Crippen LogP contribution < -0.4 is 5.32 Å². The molecule has 1 aromatic rings. The molecule has 0 aliphatic heterocycles. The van der Waals surface area contributed by atoms with Gasteiger partial charge in [0.2, 0.25) is 0 Å². The van der Waals surface area contributed by atoms with Gasteiger partial charge in [0.15, 0.2) is 0 Å². The zero-order chi connectivity index (χ0) is 12.5. The first kappa shape index (κ1) is 12.4. The maximum absolute atomic E-state index is 9.34. The first-order valence-corrected chi connectivity index (χ1v) is 6.79. The number of rotatable bonds is 3. The molecule has 1 N–H and O–H groups in total. The van der Waals surface area contributed by atoms with Gasteiger partial charge in [0, 0.05) is 10.2 Å². The van der Waals surface area contributed by atoms with E-state index in [4.69, 9.17) is 0 Å². The summed E-state index contributed by atoms with van der Waals surface area (Å²) in [7, 11) is 0. The minimum absolute atomic E-state index is 0.351. The molecule has 0 aromatic heterocycles. The summed E-state index contributed by atoms with van der Waals surface area (Å²) in [4.78, 5) is 0. The first-order valence-electron chi connectivity index (χ1n) is 6.00. The van der Waals surface area contributed by atoms with Crippen LogP contribution in [-0.4, -0.2) is 5.54 Å². The molecule has 0 radical (unpaired) electrons. The second kappa shape index (κ2) is 4.70. The van der Waals surface area contributed by atoms with E-state index in [0.29, 0.717) is 11.8 Å². The first-order chi connectivity index (χ1) is 8.04. The van der Waals surface area contributed by atoms with Gasteiger partial charge in [0.05, 0.1) is 6.07 Å². The summed E-state index contributed by atoms with van der Waals surface area (Å²) in [5.41, 5.74) is 0.665. The van der Waals surface area contributed by atoms with E-state index in [1.165, 1.54) is 0 Å². The standard InChI is InChI=1S/C14H17BrN2/c1-10(2)11-7-14(8-11,9-16)17-13-5-3-4-12(15)6-13/h3-6,10-11,17H,7-8H2,1-2H3. The van der Waals surface area contributed by atoms with Gasteiger partial charge >= 0.3 is 0 Å². The van der Waals surface area contributed by atoms with Crippen molar-refractivity contribution < 1.29 is 0 Å². The van der Waals surface area contributed by atoms with Gasteiger partial charge < -0.3 is 5.32 Å². The predicted molar refractivity (Wildman–Crippen MR) is 73.7 cm³/mol. The zero-order valence-electron chi connectivity index (χ0n) is 10.2. The number of nitrogens with zero attached hydrogens (tertiary/aromatic N) is 1. The Morgan fingerprint density at radius 2 is 2.18 bits per heavy atom. The van der Waals surface area contributed by atoms with Crippen LogP contribution in [0.25, 0.3) is 0 Å². The van der Waals surface area contributed by atoms with Crippen molar-refractivity contribution in [3.8, 4) is 6.07 Å². The highest BCUT2D eigenvalue weighted by molar-refractivity contribution is 9.10. The van der Waals surface area contributed by atoms with Gasteiger partial charge in [-0.3, -0.25) is 0 Å². The molecule has 1 aliphatic rings. The van der Waals surface area contributed by atoms with E-state index in [9.17, 15) is 5.26 Å². The van der Waals surface area contributed by atoms with Crippen molar-refractivity contribution in [1.29, 1.82) is 5.26 Å². The zero-order valence-corrected chi connectivity index (χ0v) is 11.8. The van der Waals surface area contributed by atoms with Crippen LogP contribution in [-0.2, 0) is 0 Å². The molecular weight excluding hydrogens is 276 g/mol. The van der Waals surface area contributed by atoms with Gasteiger partial charge in [-0.25, -0.2) is 0 Å². The Morgan fingerprint density at radius 1 is 1.47 bits per heavy atom. The molecule has 1 saturated carbocycles. The molecule has 0 atom stereocenters. The summed E-state index contributed by atoms with van der Waals surface area (Å²) in [6.45, 7) is 4.45. The maximum Gasteiger partial charge on any atom is 0.125 e. The second-order valence-electron chi connectivity index (χ2n) is 5.24. The second-order valence-corrected chi connectivity index (χ2v) is 6.16. The molecule has 0 bridgehead atoms. The summed E-state index contributed by atoms with van der Waals surface area (Å²) in [5, 5.41) is 12.7. The molecule has 1 aliphatic carbocycles. The molecule has 0 spiro atoms. The minimum atomic E-state index is -0.351. The van der Waals surface area contributed by atoms with Crippen LogP contribution in [0.5, 0.6) is 0 Å². The van der Waals surface area contributed by atoms with E-state index in [1.807, 2.05) is 24.3 Å². The summed E-state index contributed by atoms with van der Waals surface area (Å²) in [6, 6.07) is 10.4. The highest BCUT2D eigenvalue weighted by Crippen LogP contribution is 2.43. The fourth-order valence-electron chi connectivity index (χ4n) is 2.37. The highest BCUT2D eigenvalue weighted by atomic mass is 79.9. The van der Waals surface area contributed by atoms with Crippen molar-refractivity contribution in [2.75, 3.05) is 5.32 Å². The van der Waals surface area contributed by atoms with Crippen molar-refractivity contribution in [2.24, 2.45) is 11.8 Å². The molecule has 3 heteroatoms. The van der Waals surface area contributed by atoms with Crippen molar-refractivity contribution in [1.82, 2.24) is 0 Å².